The fourth-order valence-corrected chi connectivity index (χ4v) is 0.694. The summed E-state index contributed by atoms with van der Waals surface area (Å²) in [5, 5.41) is 22.5. The van der Waals surface area contributed by atoms with Gasteiger partial charge < -0.3 is 11.5 Å². The van der Waals surface area contributed by atoms with E-state index in [2.05, 4.69) is 0 Å². The number of ketones is 1. The Kier molecular flexibility index (Phi) is 3.13. The third-order valence-corrected chi connectivity index (χ3v) is 1.87. The molecule has 0 aliphatic carbocycles. The lowest BCUT2D eigenvalue weighted by molar-refractivity contribution is -0.121. The van der Waals surface area contributed by atoms with Crippen LogP contribution in [0.3, 0.4) is 0 Å². The van der Waals surface area contributed by atoms with E-state index in [4.69, 9.17) is 27.5 Å². The summed E-state index contributed by atoms with van der Waals surface area (Å²) < 4.78 is 0. The summed E-state index contributed by atoms with van der Waals surface area (Å²) in [6, 6.07) is 1.63. The SMILES string of the molecule is CC(C(=N)N)(C(=N)N)C(=O)CC#N. The first-order valence-electron chi connectivity index (χ1n) is 3.46. The Morgan fingerprint density at radius 3 is 2.08 bits per heavy atom. The van der Waals surface area contributed by atoms with Crippen molar-refractivity contribution in [1.29, 1.82) is 16.1 Å². The lowest BCUT2D eigenvalue weighted by Gasteiger charge is -2.23. The predicted molar refractivity (Wildman–Crippen MR) is 47.2 cm³/mol. The number of nitrogens with two attached hydrogens (primary N) is 2. The number of nitriles is 1. The highest BCUT2D eigenvalue weighted by molar-refractivity contribution is 6.23. The molecule has 6 N–H and O–H groups in total. The molecule has 0 aromatic rings. The molecule has 0 aromatic carbocycles. The van der Waals surface area contributed by atoms with Gasteiger partial charge in [0.05, 0.1) is 12.5 Å². The summed E-state index contributed by atoms with van der Waals surface area (Å²) in [6.45, 7) is 1.26. The molecule has 0 heterocycles. The summed E-state index contributed by atoms with van der Waals surface area (Å²) in [7, 11) is 0. The Bertz CT molecular complexity index is 286. The molecule has 0 aliphatic heterocycles. The van der Waals surface area contributed by atoms with Gasteiger partial charge in [-0.15, -0.1) is 0 Å². The van der Waals surface area contributed by atoms with Gasteiger partial charge in [-0.05, 0) is 6.92 Å². The first-order valence-corrected chi connectivity index (χ1v) is 3.46. The minimum atomic E-state index is -1.63. The molecule has 6 nitrogen and oxygen atoms in total. The van der Waals surface area contributed by atoms with Gasteiger partial charge in [0.2, 0.25) is 0 Å². The highest BCUT2D eigenvalue weighted by atomic mass is 16.1. The lowest BCUT2D eigenvalue weighted by Crippen LogP contribution is -2.50. The van der Waals surface area contributed by atoms with Crippen LogP contribution in [0.1, 0.15) is 13.3 Å². The maximum atomic E-state index is 11.3. The third-order valence-electron chi connectivity index (χ3n) is 1.87. The van der Waals surface area contributed by atoms with Crippen LogP contribution in [-0.2, 0) is 4.79 Å². The summed E-state index contributed by atoms with van der Waals surface area (Å²) >= 11 is 0. The van der Waals surface area contributed by atoms with E-state index in [9.17, 15) is 4.79 Å². The molecule has 0 aliphatic rings. The molecule has 0 rings (SSSR count). The van der Waals surface area contributed by atoms with Crippen LogP contribution < -0.4 is 11.5 Å². The molecule has 0 saturated heterocycles. The molecule has 0 atom stereocenters. The number of carbonyl (C=O) groups is 1. The zero-order valence-corrected chi connectivity index (χ0v) is 7.22. The van der Waals surface area contributed by atoms with E-state index in [-0.39, 0.29) is 0 Å². The summed E-state index contributed by atoms with van der Waals surface area (Å²) in [6.07, 6.45) is -0.407. The largest absolute Gasteiger partial charge is 0.386 e. The number of nitrogens with zero attached hydrogens (tertiary/aromatic N) is 1. The van der Waals surface area contributed by atoms with Crippen molar-refractivity contribution in [3.05, 3.63) is 0 Å². The maximum absolute atomic E-state index is 11.3. The summed E-state index contributed by atoms with van der Waals surface area (Å²) in [5.74, 6) is -1.66. The minimum absolute atomic E-state index is 0.407. The van der Waals surface area contributed by atoms with Gasteiger partial charge in [0, 0.05) is 0 Å². The van der Waals surface area contributed by atoms with Crippen LogP contribution in [0.2, 0.25) is 0 Å². The molecule has 0 fully saturated rings. The molecule has 0 bridgehead atoms. The Morgan fingerprint density at radius 2 is 1.85 bits per heavy atom. The van der Waals surface area contributed by atoms with Gasteiger partial charge in [0.15, 0.2) is 5.78 Å². The van der Waals surface area contributed by atoms with Crippen molar-refractivity contribution in [2.75, 3.05) is 0 Å². The van der Waals surface area contributed by atoms with E-state index in [1.54, 1.807) is 6.07 Å². The number of nitrogens with one attached hydrogen (secondary N) is 2. The number of hydrogen-bond donors (Lipinski definition) is 4. The van der Waals surface area contributed by atoms with Crippen LogP contribution in [0.5, 0.6) is 0 Å². The molecule has 0 saturated carbocycles. The quantitative estimate of drug-likeness (QED) is 0.337. The average molecular weight is 181 g/mol. The summed E-state index contributed by atoms with van der Waals surface area (Å²) in [4.78, 5) is 11.3. The van der Waals surface area contributed by atoms with Gasteiger partial charge in [-0.25, -0.2) is 0 Å². The van der Waals surface area contributed by atoms with Crippen LogP contribution in [0, 0.1) is 27.6 Å². The van der Waals surface area contributed by atoms with E-state index in [0.717, 1.165) is 0 Å². The smallest absolute Gasteiger partial charge is 0.167 e. The van der Waals surface area contributed by atoms with Crippen molar-refractivity contribution in [1.82, 2.24) is 0 Å². The highest BCUT2D eigenvalue weighted by Gasteiger charge is 2.39. The number of amidine groups is 2. The van der Waals surface area contributed by atoms with Crippen molar-refractivity contribution >= 4 is 17.5 Å². The fourth-order valence-electron chi connectivity index (χ4n) is 0.694. The Hall–Kier alpha value is -1.90. The number of hydrogen-bond acceptors (Lipinski definition) is 4. The zero-order valence-electron chi connectivity index (χ0n) is 7.22. The second kappa shape index (κ2) is 3.67. The van der Waals surface area contributed by atoms with Crippen molar-refractivity contribution in [3.63, 3.8) is 0 Å². The fraction of sp³-hybridized carbons (Fsp3) is 0.429. The van der Waals surface area contributed by atoms with Gasteiger partial charge in [-0.1, -0.05) is 0 Å². The highest BCUT2D eigenvalue weighted by Crippen LogP contribution is 2.18. The normalized spacial score (nSPS) is 13.8. The van der Waals surface area contributed by atoms with E-state index in [1.807, 2.05) is 0 Å². The Morgan fingerprint density at radius 1 is 1.46 bits per heavy atom. The van der Waals surface area contributed by atoms with Gasteiger partial charge in [0.25, 0.3) is 0 Å². The molecule has 6 heteroatoms. The molecule has 0 amide bonds. The molecule has 0 aromatic heterocycles. The third kappa shape index (κ3) is 1.82. The molecular formula is C7H11N5O. The van der Waals surface area contributed by atoms with Gasteiger partial charge in [0.1, 0.15) is 17.1 Å². The van der Waals surface area contributed by atoms with Gasteiger partial charge in [-0.3, -0.25) is 15.6 Å². The average Bonchev–Trinajstić information content (AvgIpc) is 2.02. The monoisotopic (exact) mass is 181 g/mol. The number of carbonyl (C=O) groups excluding carboxylic acids is 1. The Labute approximate surface area is 75.5 Å². The van der Waals surface area contributed by atoms with Crippen LogP contribution in [0.25, 0.3) is 0 Å². The zero-order chi connectivity index (χ0) is 10.6. The van der Waals surface area contributed by atoms with Crippen LogP contribution in [0.4, 0.5) is 0 Å². The minimum Gasteiger partial charge on any atom is -0.386 e. The second-order valence-corrected chi connectivity index (χ2v) is 2.71. The topological polar surface area (TPSA) is 141 Å². The maximum Gasteiger partial charge on any atom is 0.167 e. The number of Topliss-reactive ketones (excluding diaryl/α,β-unsaturated/α-hetero) is 1. The van der Waals surface area contributed by atoms with E-state index < -0.39 is 29.3 Å². The Balaban J connectivity index is 5.05. The molecule has 13 heavy (non-hydrogen) atoms. The van der Waals surface area contributed by atoms with Crippen LogP contribution in [0.15, 0.2) is 0 Å². The summed E-state index contributed by atoms with van der Waals surface area (Å²) in [5.41, 5.74) is 8.64. The number of rotatable bonds is 4. The van der Waals surface area contributed by atoms with Crippen molar-refractivity contribution < 1.29 is 4.79 Å². The first-order chi connectivity index (χ1) is 5.87. The molecular weight excluding hydrogens is 170 g/mol. The molecule has 0 spiro atoms. The van der Waals surface area contributed by atoms with Crippen molar-refractivity contribution in [3.8, 4) is 6.07 Å². The van der Waals surface area contributed by atoms with Crippen molar-refractivity contribution in [2.45, 2.75) is 13.3 Å². The van der Waals surface area contributed by atoms with Crippen molar-refractivity contribution in [2.24, 2.45) is 16.9 Å². The second-order valence-electron chi connectivity index (χ2n) is 2.71. The lowest BCUT2D eigenvalue weighted by atomic mass is 9.82. The van der Waals surface area contributed by atoms with Crippen LogP contribution >= 0.6 is 0 Å². The molecule has 0 unspecified atom stereocenters. The molecule has 0 radical (unpaired) electrons. The van der Waals surface area contributed by atoms with E-state index in [0.29, 0.717) is 0 Å². The van der Waals surface area contributed by atoms with Gasteiger partial charge in [-0.2, -0.15) is 5.26 Å². The predicted octanol–water partition coefficient (Wildman–Crippen LogP) is -0.653. The van der Waals surface area contributed by atoms with Gasteiger partial charge >= 0.3 is 0 Å². The first kappa shape index (κ1) is 11.1. The molecule has 70 valence electrons. The standard InChI is InChI=1S/C7H11N5O/c1-7(5(9)10,6(11)12)4(13)2-3-8/h2H2,1H3,(H3,9,10)(H3,11,12). The van der Waals surface area contributed by atoms with E-state index in [1.165, 1.54) is 6.92 Å². The van der Waals surface area contributed by atoms with E-state index >= 15 is 0 Å². The van der Waals surface area contributed by atoms with Crippen LogP contribution in [-0.4, -0.2) is 17.5 Å².